The Labute approximate surface area is 108 Å². The van der Waals surface area contributed by atoms with Crippen molar-refractivity contribution >= 4 is 17.6 Å². The minimum absolute atomic E-state index is 0.0533. The summed E-state index contributed by atoms with van der Waals surface area (Å²) in [4.78, 5) is 13.6. The van der Waals surface area contributed by atoms with Crippen molar-refractivity contribution in [2.45, 2.75) is 26.8 Å². The van der Waals surface area contributed by atoms with Gasteiger partial charge in [-0.15, -0.1) is 0 Å². The maximum Gasteiger partial charge on any atom is 0.317 e. The summed E-state index contributed by atoms with van der Waals surface area (Å²) in [6.45, 7) is 7.27. The molecule has 17 heavy (non-hydrogen) atoms. The van der Waals surface area contributed by atoms with Crippen LogP contribution in [0, 0.1) is 0 Å². The zero-order chi connectivity index (χ0) is 12.8. The summed E-state index contributed by atoms with van der Waals surface area (Å²) >= 11 is 6.08. The molecule has 0 bridgehead atoms. The third-order valence-electron chi connectivity index (χ3n) is 2.76. The van der Waals surface area contributed by atoms with Crippen molar-refractivity contribution in [2.75, 3.05) is 13.1 Å². The molecule has 3 nitrogen and oxygen atoms in total. The second-order valence-electron chi connectivity index (χ2n) is 3.86. The van der Waals surface area contributed by atoms with Crippen LogP contribution in [-0.2, 0) is 0 Å². The molecule has 0 aliphatic carbocycles. The fourth-order valence-electron chi connectivity index (χ4n) is 1.69. The third kappa shape index (κ3) is 3.63. The van der Waals surface area contributed by atoms with Crippen LogP contribution in [0.4, 0.5) is 4.79 Å². The van der Waals surface area contributed by atoms with Gasteiger partial charge in [0, 0.05) is 18.1 Å². The first-order valence-electron chi connectivity index (χ1n) is 5.90. The van der Waals surface area contributed by atoms with Gasteiger partial charge in [0.2, 0.25) is 0 Å². The zero-order valence-electron chi connectivity index (χ0n) is 10.5. The predicted octanol–water partition coefficient (Wildman–Crippen LogP) is 3.45. The highest BCUT2D eigenvalue weighted by atomic mass is 35.5. The number of halogens is 1. The van der Waals surface area contributed by atoms with E-state index < -0.39 is 0 Å². The second-order valence-corrected chi connectivity index (χ2v) is 4.27. The molecule has 1 unspecified atom stereocenters. The van der Waals surface area contributed by atoms with Gasteiger partial charge in [0.25, 0.3) is 0 Å². The predicted molar refractivity (Wildman–Crippen MR) is 71.3 cm³/mol. The van der Waals surface area contributed by atoms with Crippen LogP contribution in [0.25, 0.3) is 0 Å². The molecule has 0 radical (unpaired) electrons. The number of hydrogen-bond acceptors (Lipinski definition) is 1. The lowest BCUT2D eigenvalue weighted by Gasteiger charge is -2.23. The van der Waals surface area contributed by atoms with Gasteiger partial charge >= 0.3 is 6.03 Å². The van der Waals surface area contributed by atoms with Gasteiger partial charge in [-0.3, -0.25) is 0 Å². The van der Waals surface area contributed by atoms with Gasteiger partial charge in [0.05, 0.1) is 6.04 Å². The van der Waals surface area contributed by atoms with E-state index in [2.05, 4.69) is 5.32 Å². The van der Waals surface area contributed by atoms with E-state index in [1.54, 1.807) is 4.90 Å². The Bertz CT molecular complexity index is 377. The molecule has 0 saturated carbocycles. The summed E-state index contributed by atoms with van der Waals surface area (Å²) in [5.41, 5.74) is 0.940. The average molecular weight is 255 g/mol. The van der Waals surface area contributed by atoms with Crippen LogP contribution in [0.1, 0.15) is 32.4 Å². The molecule has 0 fully saturated rings. The fourth-order valence-corrected chi connectivity index (χ4v) is 1.99. The molecule has 1 aromatic carbocycles. The molecule has 1 rings (SSSR count). The molecule has 0 heterocycles. The number of benzene rings is 1. The van der Waals surface area contributed by atoms with Crippen molar-refractivity contribution < 1.29 is 4.79 Å². The lowest BCUT2D eigenvalue weighted by molar-refractivity contribution is 0.200. The topological polar surface area (TPSA) is 32.3 Å². The van der Waals surface area contributed by atoms with E-state index in [0.29, 0.717) is 18.1 Å². The smallest absolute Gasteiger partial charge is 0.317 e. The van der Waals surface area contributed by atoms with Gasteiger partial charge in [-0.25, -0.2) is 4.79 Å². The Kier molecular flexibility index (Phi) is 5.29. The largest absolute Gasteiger partial charge is 0.331 e. The van der Waals surface area contributed by atoms with Crippen LogP contribution in [0.15, 0.2) is 24.3 Å². The summed E-state index contributed by atoms with van der Waals surface area (Å²) in [6.07, 6.45) is 0. The normalized spacial score (nSPS) is 12.0. The highest BCUT2D eigenvalue weighted by molar-refractivity contribution is 6.31. The first-order chi connectivity index (χ1) is 8.10. The highest BCUT2D eigenvalue weighted by Crippen LogP contribution is 2.22. The lowest BCUT2D eigenvalue weighted by atomic mass is 10.1. The van der Waals surface area contributed by atoms with Crippen LogP contribution in [-0.4, -0.2) is 24.0 Å². The highest BCUT2D eigenvalue weighted by Gasteiger charge is 2.15. The van der Waals surface area contributed by atoms with Crippen LogP contribution in [0.3, 0.4) is 0 Å². The van der Waals surface area contributed by atoms with E-state index >= 15 is 0 Å². The first-order valence-corrected chi connectivity index (χ1v) is 6.27. The standard InChI is InChI=1S/C13H19ClN2O/c1-4-16(5-2)13(17)15-10(3)11-8-6-7-9-12(11)14/h6-10H,4-5H2,1-3H3,(H,15,17). The van der Waals surface area contributed by atoms with E-state index in [-0.39, 0.29) is 12.1 Å². The van der Waals surface area contributed by atoms with E-state index in [4.69, 9.17) is 11.6 Å². The number of carbonyl (C=O) groups excluding carboxylic acids is 1. The number of rotatable bonds is 4. The third-order valence-corrected chi connectivity index (χ3v) is 3.11. The van der Waals surface area contributed by atoms with Gasteiger partial charge in [-0.1, -0.05) is 29.8 Å². The Morgan fingerprint density at radius 1 is 1.35 bits per heavy atom. The molecule has 1 atom stereocenters. The van der Waals surface area contributed by atoms with Gasteiger partial charge in [-0.05, 0) is 32.4 Å². The molecular formula is C13H19ClN2O. The number of carbonyl (C=O) groups is 1. The Balaban J connectivity index is 2.70. The SMILES string of the molecule is CCN(CC)C(=O)NC(C)c1ccccc1Cl. The van der Waals surface area contributed by atoms with E-state index in [9.17, 15) is 4.79 Å². The van der Waals surface area contributed by atoms with Gasteiger partial charge in [0.1, 0.15) is 0 Å². The number of nitrogens with one attached hydrogen (secondary N) is 1. The van der Waals surface area contributed by atoms with E-state index in [1.165, 1.54) is 0 Å². The van der Waals surface area contributed by atoms with E-state index in [1.807, 2.05) is 45.0 Å². The molecular weight excluding hydrogens is 236 g/mol. The van der Waals surface area contributed by atoms with Crippen LogP contribution in [0.2, 0.25) is 5.02 Å². The number of amides is 2. The maximum absolute atomic E-state index is 11.9. The quantitative estimate of drug-likeness (QED) is 0.877. The van der Waals surface area contributed by atoms with E-state index in [0.717, 1.165) is 5.56 Å². The molecule has 0 spiro atoms. The second kappa shape index (κ2) is 6.50. The molecule has 2 amide bonds. The molecule has 1 N–H and O–H groups in total. The summed E-state index contributed by atoms with van der Waals surface area (Å²) < 4.78 is 0. The van der Waals surface area contributed by atoms with Crippen molar-refractivity contribution in [3.8, 4) is 0 Å². The maximum atomic E-state index is 11.9. The van der Waals surface area contributed by atoms with Crippen LogP contribution < -0.4 is 5.32 Å². The summed E-state index contributed by atoms with van der Waals surface area (Å²) in [5, 5.41) is 3.62. The van der Waals surface area contributed by atoms with Crippen molar-refractivity contribution in [1.29, 1.82) is 0 Å². The fraction of sp³-hybridized carbons (Fsp3) is 0.462. The molecule has 0 saturated heterocycles. The summed E-state index contributed by atoms with van der Waals surface area (Å²) in [7, 11) is 0. The van der Waals surface area contributed by atoms with Gasteiger partial charge in [-0.2, -0.15) is 0 Å². The van der Waals surface area contributed by atoms with Gasteiger partial charge < -0.3 is 10.2 Å². The molecule has 94 valence electrons. The molecule has 0 aromatic heterocycles. The number of urea groups is 1. The van der Waals surface area contributed by atoms with Crippen LogP contribution >= 0.6 is 11.6 Å². The van der Waals surface area contributed by atoms with Gasteiger partial charge in [0.15, 0.2) is 0 Å². The zero-order valence-corrected chi connectivity index (χ0v) is 11.3. The van der Waals surface area contributed by atoms with Crippen molar-refractivity contribution in [3.63, 3.8) is 0 Å². The first kappa shape index (κ1) is 13.8. The van der Waals surface area contributed by atoms with Crippen molar-refractivity contribution in [1.82, 2.24) is 10.2 Å². The minimum atomic E-state index is -0.0863. The summed E-state index contributed by atoms with van der Waals surface area (Å²) in [5.74, 6) is 0. The van der Waals surface area contributed by atoms with Crippen molar-refractivity contribution in [2.24, 2.45) is 0 Å². The molecule has 1 aromatic rings. The molecule has 4 heteroatoms. The molecule has 0 aliphatic heterocycles. The number of hydrogen-bond donors (Lipinski definition) is 1. The Hall–Kier alpha value is -1.22. The summed E-state index contributed by atoms with van der Waals surface area (Å²) in [6, 6.07) is 7.41. The lowest BCUT2D eigenvalue weighted by Crippen LogP contribution is -2.40. The monoisotopic (exact) mass is 254 g/mol. The Morgan fingerprint density at radius 3 is 2.47 bits per heavy atom. The minimum Gasteiger partial charge on any atom is -0.331 e. The van der Waals surface area contributed by atoms with Crippen molar-refractivity contribution in [3.05, 3.63) is 34.9 Å². The van der Waals surface area contributed by atoms with Crippen LogP contribution in [0.5, 0.6) is 0 Å². The Morgan fingerprint density at radius 2 is 1.94 bits per heavy atom. The number of nitrogens with zero attached hydrogens (tertiary/aromatic N) is 1. The average Bonchev–Trinajstić information content (AvgIpc) is 2.31. The molecule has 0 aliphatic rings.